The van der Waals surface area contributed by atoms with E-state index in [-0.39, 0.29) is 0 Å². The molecule has 112 valence electrons. The minimum absolute atomic E-state index is 0.368. The van der Waals surface area contributed by atoms with Gasteiger partial charge in [0.15, 0.2) is 0 Å². The fraction of sp³-hybridized carbons (Fsp3) is 0.368. The lowest BCUT2D eigenvalue weighted by Crippen LogP contribution is -2.23. The van der Waals surface area contributed by atoms with E-state index in [1.54, 1.807) is 0 Å². The summed E-state index contributed by atoms with van der Waals surface area (Å²) in [6.45, 7) is 5.33. The molecule has 0 radical (unpaired) electrons. The Kier molecular flexibility index (Phi) is 5.40. The molecule has 0 fully saturated rings. The fourth-order valence-corrected chi connectivity index (χ4v) is 2.62. The summed E-state index contributed by atoms with van der Waals surface area (Å²) in [4.78, 5) is 2.13. The average Bonchev–Trinajstić information content (AvgIpc) is 2.49. The quantitative estimate of drug-likeness (QED) is 0.863. The SMILES string of the molecule is CCNC(Cc1ccccc1C)c1ccc(N(C)C)cc1. The highest BCUT2D eigenvalue weighted by Crippen LogP contribution is 2.22. The van der Waals surface area contributed by atoms with Gasteiger partial charge in [-0.3, -0.25) is 0 Å². The normalized spacial score (nSPS) is 12.2. The molecule has 0 heterocycles. The van der Waals surface area contributed by atoms with Gasteiger partial charge in [0.1, 0.15) is 0 Å². The monoisotopic (exact) mass is 282 g/mol. The molecule has 2 rings (SSSR count). The molecule has 0 aliphatic rings. The lowest BCUT2D eigenvalue weighted by atomic mass is 9.96. The van der Waals surface area contributed by atoms with Gasteiger partial charge in [0.05, 0.1) is 0 Å². The zero-order valence-electron chi connectivity index (χ0n) is 13.6. The Bertz CT molecular complexity index is 558. The average molecular weight is 282 g/mol. The third kappa shape index (κ3) is 4.08. The molecule has 0 bridgehead atoms. The number of benzene rings is 2. The molecule has 1 unspecified atom stereocenters. The molecule has 1 atom stereocenters. The number of anilines is 1. The van der Waals surface area contributed by atoms with Gasteiger partial charge in [-0.15, -0.1) is 0 Å². The second-order valence-electron chi connectivity index (χ2n) is 5.73. The van der Waals surface area contributed by atoms with E-state index in [1.807, 2.05) is 0 Å². The summed E-state index contributed by atoms with van der Waals surface area (Å²) in [7, 11) is 4.15. The van der Waals surface area contributed by atoms with E-state index in [9.17, 15) is 0 Å². The summed E-state index contributed by atoms with van der Waals surface area (Å²) < 4.78 is 0. The number of nitrogens with zero attached hydrogens (tertiary/aromatic N) is 1. The molecule has 0 amide bonds. The highest BCUT2D eigenvalue weighted by Gasteiger charge is 2.12. The van der Waals surface area contributed by atoms with E-state index in [1.165, 1.54) is 22.4 Å². The Morgan fingerprint density at radius 1 is 1.00 bits per heavy atom. The first-order valence-corrected chi connectivity index (χ1v) is 7.67. The number of aryl methyl sites for hydroxylation is 1. The van der Waals surface area contributed by atoms with Gasteiger partial charge in [0, 0.05) is 25.8 Å². The molecule has 0 aliphatic heterocycles. The van der Waals surface area contributed by atoms with Crippen LogP contribution in [-0.4, -0.2) is 20.6 Å². The Balaban J connectivity index is 2.20. The summed E-state index contributed by atoms with van der Waals surface area (Å²) in [5.41, 5.74) is 5.38. The Morgan fingerprint density at radius 2 is 1.67 bits per heavy atom. The molecule has 0 saturated heterocycles. The van der Waals surface area contributed by atoms with Crippen molar-refractivity contribution >= 4 is 5.69 Å². The van der Waals surface area contributed by atoms with Crippen molar-refractivity contribution in [3.05, 3.63) is 65.2 Å². The van der Waals surface area contributed by atoms with Gasteiger partial charge in [0.25, 0.3) is 0 Å². The maximum atomic E-state index is 3.61. The van der Waals surface area contributed by atoms with E-state index < -0.39 is 0 Å². The predicted molar refractivity (Wildman–Crippen MR) is 92.1 cm³/mol. The molecule has 0 spiro atoms. The molecule has 2 heteroatoms. The van der Waals surface area contributed by atoms with Crippen LogP contribution in [0.2, 0.25) is 0 Å². The third-order valence-electron chi connectivity index (χ3n) is 3.95. The predicted octanol–water partition coefficient (Wildman–Crippen LogP) is 3.95. The van der Waals surface area contributed by atoms with E-state index in [4.69, 9.17) is 0 Å². The Hall–Kier alpha value is -1.80. The molecular weight excluding hydrogens is 256 g/mol. The third-order valence-corrected chi connectivity index (χ3v) is 3.95. The number of rotatable bonds is 6. The summed E-state index contributed by atoms with van der Waals surface area (Å²) in [6, 6.07) is 17.9. The van der Waals surface area contributed by atoms with E-state index in [0.717, 1.165) is 13.0 Å². The Labute approximate surface area is 128 Å². The topological polar surface area (TPSA) is 15.3 Å². The first-order chi connectivity index (χ1) is 10.1. The zero-order chi connectivity index (χ0) is 15.2. The highest BCUT2D eigenvalue weighted by atomic mass is 15.1. The maximum absolute atomic E-state index is 3.61. The van der Waals surface area contributed by atoms with Crippen LogP contribution in [0.4, 0.5) is 5.69 Å². The van der Waals surface area contributed by atoms with Crippen molar-refractivity contribution in [2.24, 2.45) is 0 Å². The zero-order valence-corrected chi connectivity index (χ0v) is 13.6. The molecule has 2 aromatic rings. The number of nitrogens with one attached hydrogen (secondary N) is 1. The van der Waals surface area contributed by atoms with Crippen molar-refractivity contribution in [1.82, 2.24) is 5.32 Å². The van der Waals surface area contributed by atoms with Gasteiger partial charge in [-0.25, -0.2) is 0 Å². The van der Waals surface area contributed by atoms with Crippen LogP contribution in [0.3, 0.4) is 0 Å². The van der Waals surface area contributed by atoms with Crippen molar-refractivity contribution in [1.29, 1.82) is 0 Å². The number of likely N-dealkylation sites (N-methyl/N-ethyl adjacent to an activating group) is 1. The summed E-state index contributed by atoms with van der Waals surface area (Å²) in [5.74, 6) is 0. The summed E-state index contributed by atoms with van der Waals surface area (Å²) in [5, 5.41) is 3.61. The number of hydrogen-bond donors (Lipinski definition) is 1. The lowest BCUT2D eigenvalue weighted by molar-refractivity contribution is 0.549. The van der Waals surface area contributed by atoms with Gasteiger partial charge in [-0.05, 0) is 48.7 Å². The Morgan fingerprint density at radius 3 is 2.24 bits per heavy atom. The van der Waals surface area contributed by atoms with Gasteiger partial charge in [-0.1, -0.05) is 43.3 Å². The standard InChI is InChI=1S/C19H26N2/c1-5-20-19(14-17-9-7-6-8-15(17)2)16-10-12-18(13-11-16)21(3)4/h6-13,19-20H,5,14H2,1-4H3. The van der Waals surface area contributed by atoms with Gasteiger partial charge < -0.3 is 10.2 Å². The molecular formula is C19H26N2. The minimum Gasteiger partial charge on any atom is -0.378 e. The first-order valence-electron chi connectivity index (χ1n) is 7.67. The summed E-state index contributed by atoms with van der Waals surface area (Å²) in [6.07, 6.45) is 1.03. The molecule has 0 aliphatic carbocycles. The minimum atomic E-state index is 0.368. The van der Waals surface area contributed by atoms with E-state index in [2.05, 4.69) is 86.7 Å². The molecule has 0 aromatic heterocycles. The molecule has 2 aromatic carbocycles. The number of hydrogen-bond acceptors (Lipinski definition) is 2. The largest absolute Gasteiger partial charge is 0.378 e. The second-order valence-corrected chi connectivity index (χ2v) is 5.73. The highest BCUT2D eigenvalue weighted by molar-refractivity contribution is 5.46. The van der Waals surface area contributed by atoms with Crippen molar-refractivity contribution in [3.8, 4) is 0 Å². The van der Waals surface area contributed by atoms with E-state index >= 15 is 0 Å². The lowest BCUT2D eigenvalue weighted by Gasteiger charge is -2.21. The first kappa shape index (κ1) is 15.6. The van der Waals surface area contributed by atoms with Crippen LogP contribution in [0.25, 0.3) is 0 Å². The molecule has 1 N–H and O–H groups in total. The van der Waals surface area contributed by atoms with Crippen molar-refractivity contribution in [2.45, 2.75) is 26.3 Å². The van der Waals surface area contributed by atoms with Crippen LogP contribution >= 0.6 is 0 Å². The van der Waals surface area contributed by atoms with Gasteiger partial charge in [0.2, 0.25) is 0 Å². The van der Waals surface area contributed by atoms with Gasteiger partial charge >= 0.3 is 0 Å². The van der Waals surface area contributed by atoms with Gasteiger partial charge in [-0.2, -0.15) is 0 Å². The van der Waals surface area contributed by atoms with Crippen LogP contribution < -0.4 is 10.2 Å². The summed E-state index contributed by atoms with van der Waals surface area (Å²) >= 11 is 0. The van der Waals surface area contributed by atoms with Crippen molar-refractivity contribution in [2.75, 3.05) is 25.5 Å². The van der Waals surface area contributed by atoms with Crippen molar-refractivity contribution < 1.29 is 0 Å². The maximum Gasteiger partial charge on any atom is 0.0361 e. The van der Waals surface area contributed by atoms with Crippen molar-refractivity contribution in [3.63, 3.8) is 0 Å². The van der Waals surface area contributed by atoms with E-state index in [0.29, 0.717) is 6.04 Å². The second kappa shape index (κ2) is 7.28. The van der Waals surface area contributed by atoms with Crippen LogP contribution in [0.5, 0.6) is 0 Å². The van der Waals surface area contributed by atoms with Crippen LogP contribution in [0.1, 0.15) is 29.7 Å². The van der Waals surface area contributed by atoms with Crippen LogP contribution in [-0.2, 0) is 6.42 Å². The smallest absolute Gasteiger partial charge is 0.0361 e. The molecule has 2 nitrogen and oxygen atoms in total. The van der Waals surface area contributed by atoms with Crippen LogP contribution in [0.15, 0.2) is 48.5 Å². The molecule has 0 saturated carbocycles. The fourth-order valence-electron chi connectivity index (χ4n) is 2.62. The molecule has 21 heavy (non-hydrogen) atoms. The van der Waals surface area contributed by atoms with Crippen LogP contribution in [0, 0.1) is 6.92 Å².